The Bertz CT molecular complexity index is 1040. The van der Waals surface area contributed by atoms with Crippen LogP contribution in [0, 0.1) is 6.92 Å². The van der Waals surface area contributed by atoms with Crippen molar-refractivity contribution in [2.75, 3.05) is 0 Å². The number of alkyl halides is 3. The molecular formula is C18H20F3N7O3. The molecule has 3 heterocycles. The third kappa shape index (κ3) is 6.90. The lowest BCUT2D eigenvalue weighted by atomic mass is 10.2. The van der Waals surface area contributed by atoms with Crippen molar-refractivity contribution in [3.05, 3.63) is 53.8 Å². The van der Waals surface area contributed by atoms with Gasteiger partial charge in [-0.1, -0.05) is 13.8 Å². The number of aliphatic carboxylic acids is 1. The highest BCUT2D eigenvalue weighted by Crippen LogP contribution is 2.13. The number of halogens is 3. The zero-order valence-electron chi connectivity index (χ0n) is 16.8. The molecule has 0 atom stereocenters. The van der Waals surface area contributed by atoms with Crippen LogP contribution in [0.3, 0.4) is 0 Å². The normalized spacial score (nSPS) is 11.1. The van der Waals surface area contributed by atoms with Gasteiger partial charge in [-0.15, -0.1) is 0 Å². The number of H-pyrrole nitrogens is 1. The van der Waals surface area contributed by atoms with Gasteiger partial charge in [0.15, 0.2) is 5.82 Å². The highest BCUT2D eigenvalue weighted by atomic mass is 19.4. The van der Waals surface area contributed by atoms with Crippen LogP contribution in [0.5, 0.6) is 0 Å². The number of carbonyl (C=O) groups is 2. The fraction of sp³-hybridized carbons (Fsp3) is 0.333. The van der Waals surface area contributed by atoms with Crippen LogP contribution in [0.2, 0.25) is 0 Å². The molecule has 3 rings (SSSR count). The minimum absolute atomic E-state index is 0.101. The smallest absolute Gasteiger partial charge is 0.475 e. The van der Waals surface area contributed by atoms with E-state index in [1.165, 1.54) is 0 Å². The Kier molecular flexibility index (Phi) is 7.45. The second-order valence-corrected chi connectivity index (χ2v) is 6.57. The molecule has 0 spiro atoms. The number of carboxylic acids is 1. The molecule has 0 bridgehead atoms. The van der Waals surface area contributed by atoms with Crippen molar-refractivity contribution in [3.8, 4) is 5.82 Å². The standard InChI is InChI=1S/C16H19N7O.C2HF3O2/c1-10(2)14-18-8-12(20-14)9-19-16(24)15-17-6-4-13(21-15)23-7-5-11(3)22-23;3-2(4,5)1(6)7/h4-8,10H,9H2,1-3H3,(H,18,20)(H,19,24);(H,6,7). The quantitative estimate of drug-likeness (QED) is 0.555. The van der Waals surface area contributed by atoms with E-state index in [0.29, 0.717) is 18.3 Å². The molecule has 3 aromatic rings. The number of aryl methyl sites for hydroxylation is 1. The minimum Gasteiger partial charge on any atom is -0.475 e. The summed E-state index contributed by atoms with van der Waals surface area (Å²) < 4.78 is 33.3. The van der Waals surface area contributed by atoms with Crippen LogP contribution in [0.4, 0.5) is 13.2 Å². The van der Waals surface area contributed by atoms with Crippen LogP contribution in [0.15, 0.2) is 30.7 Å². The molecule has 31 heavy (non-hydrogen) atoms. The molecule has 0 aliphatic rings. The zero-order valence-corrected chi connectivity index (χ0v) is 16.8. The van der Waals surface area contributed by atoms with Crippen LogP contribution in [0.1, 0.15) is 47.6 Å². The van der Waals surface area contributed by atoms with Gasteiger partial charge in [-0.05, 0) is 13.0 Å². The van der Waals surface area contributed by atoms with Crippen molar-refractivity contribution in [3.63, 3.8) is 0 Å². The Hall–Kier alpha value is -3.77. The number of imidazole rings is 1. The Morgan fingerprint density at radius 1 is 1.26 bits per heavy atom. The maximum Gasteiger partial charge on any atom is 0.490 e. The molecule has 10 nitrogen and oxygen atoms in total. The van der Waals surface area contributed by atoms with Crippen molar-refractivity contribution in [2.24, 2.45) is 0 Å². The predicted molar refractivity (Wildman–Crippen MR) is 101 cm³/mol. The highest BCUT2D eigenvalue weighted by Gasteiger charge is 2.38. The SMILES string of the molecule is Cc1ccn(-c2ccnc(C(=O)NCc3cnc(C(C)C)[nH]3)n2)n1.O=C(O)C(F)(F)F. The van der Waals surface area contributed by atoms with Gasteiger partial charge in [0.25, 0.3) is 5.91 Å². The number of hydrogen-bond acceptors (Lipinski definition) is 6. The molecule has 3 N–H and O–H groups in total. The lowest BCUT2D eigenvalue weighted by Crippen LogP contribution is -2.25. The molecular weight excluding hydrogens is 419 g/mol. The number of rotatable bonds is 5. The lowest BCUT2D eigenvalue weighted by Gasteiger charge is -2.05. The van der Waals surface area contributed by atoms with Crippen LogP contribution >= 0.6 is 0 Å². The average molecular weight is 439 g/mol. The first-order valence-corrected chi connectivity index (χ1v) is 8.95. The van der Waals surface area contributed by atoms with E-state index in [4.69, 9.17) is 9.90 Å². The Balaban J connectivity index is 0.000000423. The Morgan fingerprint density at radius 3 is 2.45 bits per heavy atom. The summed E-state index contributed by atoms with van der Waals surface area (Å²) in [6.07, 6.45) is -0.0296. The van der Waals surface area contributed by atoms with Crippen molar-refractivity contribution >= 4 is 11.9 Å². The summed E-state index contributed by atoms with van der Waals surface area (Å²) >= 11 is 0. The molecule has 13 heteroatoms. The number of aromatic amines is 1. The van der Waals surface area contributed by atoms with Gasteiger partial charge in [-0.3, -0.25) is 4.79 Å². The van der Waals surface area contributed by atoms with Crippen LogP contribution in [0.25, 0.3) is 5.82 Å². The average Bonchev–Trinajstić information content (AvgIpc) is 3.35. The van der Waals surface area contributed by atoms with Crippen molar-refractivity contribution in [1.82, 2.24) is 35.0 Å². The van der Waals surface area contributed by atoms with E-state index in [1.54, 1.807) is 29.3 Å². The summed E-state index contributed by atoms with van der Waals surface area (Å²) in [5, 5.41) is 14.2. The summed E-state index contributed by atoms with van der Waals surface area (Å²) in [5.74, 6) is -1.25. The maximum absolute atomic E-state index is 12.2. The van der Waals surface area contributed by atoms with Crippen molar-refractivity contribution in [2.45, 2.75) is 39.4 Å². The van der Waals surface area contributed by atoms with E-state index in [9.17, 15) is 18.0 Å². The molecule has 0 aliphatic carbocycles. The molecule has 0 saturated carbocycles. The molecule has 0 fully saturated rings. The summed E-state index contributed by atoms with van der Waals surface area (Å²) in [6.45, 7) is 6.34. The van der Waals surface area contributed by atoms with Crippen LogP contribution in [-0.4, -0.2) is 52.9 Å². The number of carboxylic acid groups (broad SMARTS) is 1. The summed E-state index contributed by atoms with van der Waals surface area (Å²) in [6, 6.07) is 3.57. The van der Waals surface area contributed by atoms with E-state index in [1.807, 2.05) is 13.0 Å². The van der Waals surface area contributed by atoms with Gasteiger partial charge in [0.2, 0.25) is 5.82 Å². The fourth-order valence-electron chi connectivity index (χ4n) is 2.14. The first-order chi connectivity index (χ1) is 14.5. The van der Waals surface area contributed by atoms with Crippen LogP contribution in [-0.2, 0) is 11.3 Å². The van der Waals surface area contributed by atoms with E-state index in [2.05, 4.69) is 44.2 Å². The molecule has 166 valence electrons. The topological polar surface area (TPSA) is 139 Å². The molecule has 0 saturated heterocycles. The van der Waals surface area contributed by atoms with Gasteiger partial charge in [-0.2, -0.15) is 18.3 Å². The number of nitrogens with one attached hydrogen (secondary N) is 2. The van der Waals surface area contributed by atoms with E-state index >= 15 is 0 Å². The van der Waals surface area contributed by atoms with E-state index < -0.39 is 12.1 Å². The Labute approximate surface area is 174 Å². The first kappa shape index (κ1) is 23.5. The largest absolute Gasteiger partial charge is 0.490 e. The molecule has 0 aromatic carbocycles. The molecule has 1 amide bonds. The molecule has 0 unspecified atom stereocenters. The first-order valence-electron chi connectivity index (χ1n) is 8.95. The van der Waals surface area contributed by atoms with E-state index in [-0.39, 0.29) is 11.7 Å². The number of aromatic nitrogens is 6. The second kappa shape index (κ2) is 9.82. The van der Waals surface area contributed by atoms with Gasteiger partial charge in [0, 0.05) is 24.4 Å². The molecule has 0 radical (unpaired) electrons. The highest BCUT2D eigenvalue weighted by molar-refractivity contribution is 5.90. The van der Waals surface area contributed by atoms with Gasteiger partial charge in [0.1, 0.15) is 5.82 Å². The maximum atomic E-state index is 12.2. The minimum atomic E-state index is -5.08. The summed E-state index contributed by atoms with van der Waals surface area (Å²) in [5.41, 5.74) is 1.71. The summed E-state index contributed by atoms with van der Waals surface area (Å²) in [7, 11) is 0. The van der Waals surface area contributed by atoms with Crippen molar-refractivity contribution in [1.29, 1.82) is 0 Å². The number of amides is 1. The fourth-order valence-corrected chi connectivity index (χ4v) is 2.14. The predicted octanol–water partition coefficient (Wildman–Crippen LogP) is 2.38. The van der Waals surface area contributed by atoms with Gasteiger partial charge in [0.05, 0.1) is 24.1 Å². The van der Waals surface area contributed by atoms with Gasteiger partial charge in [-0.25, -0.2) is 24.4 Å². The lowest BCUT2D eigenvalue weighted by molar-refractivity contribution is -0.192. The molecule has 3 aromatic heterocycles. The summed E-state index contributed by atoms with van der Waals surface area (Å²) in [4.78, 5) is 36.9. The van der Waals surface area contributed by atoms with Gasteiger partial charge >= 0.3 is 12.1 Å². The third-order valence-electron chi connectivity index (χ3n) is 3.68. The van der Waals surface area contributed by atoms with Gasteiger partial charge < -0.3 is 15.4 Å². The number of hydrogen-bond donors (Lipinski definition) is 3. The second-order valence-electron chi connectivity index (χ2n) is 6.57. The zero-order chi connectivity index (χ0) is 23.2. The Morgan fingerprint density at radius 2 is 1.94 bits per heavy atom. The van der Waals surface area contributed by atoms with Crippen molar-refractivity contribution < 1.29 is 27.9 Å². The monoisotopic (exact) mass is 439 g/mol. The number of nitrogens with zero attached hydrogens (tertiary/aromatic N) is 5. The number of carbonyl (C=O) groups excluding carboxylic acids is 1. The van der Waals surface area contributed by atoms with E-state index in [0.717, 1.165) is 17.2 Å². The third-order valence-corrected chi connectivity index (χ3v) is 3.68. The molecule has 0 aliphatic heterocycles. The van der Waals surface area contributed by atoms with Crippen LogP contribution < -0.4 is 5.32 Å².